The summed E-state index contributed by atoms with van der Waals surface area (Å²) in [6.45, 7) is -1.17. The molecule has 0 saturated carbocycles. The van der Waals surface area contributed by atoms with Crippen LogP contribution in [-0.4, -0.2) is 37.6 Å². The maximum atomic E-state index is 15.5. The average Bonchev–Trinajstić information content (AvgIpc) is 3.38. The quantitative estimate of drug-likeness (QED) is 0.199. The zero-order valence-electron chi connectivity index (χ0n) is 21.5. The lowest BCUT2D eigenvalue weighted by molar-refractivity contribution is -0.138. The van der Waals surface area contributed by atoms with Crippen LogP contribution in [0.5, 0.6) is 0 Å². The first-order valence-corrected chi connectivity index (χ1v) is 12.0. The molecule has 41 heavy (non-hydrogen) atoms. The number of nitrogens with zero attached hydrogens (tertiary/aromatic N) is 5. The van der Waals surface area contributed by atoms with Gasteiger partial charge in [0.2, 0.25) is 0 Å². The Balaban J connectivity index is 1.49. The molecule has 0 atom stereocenters. The topological polar surface area (TPSA) is 91.9 Å². The van der Waals surface area contributed by atoms with Crippen molar-refractivity contribution in [2.24, 2.45) is 7.05 Å². The van der Waals surface area contributed by atoms with Crippen LogP contribution in [0.25, 0.3) is 33.3 Å². The van der Waals surface area contributed by atoms with Crippen molar-refractivity contribution < 1.29 is 31.5 Å². The highest BCUT2D eigenvalue weighted by atomic mass is 19.4. The maximum absolute atomic E-state index is 15.5. The SMILES string of the molecule is COC(=O)c1ccc(-c2ccc(=O)n(CC(F)(F)c3ccc4ncc(-c5cnn(C)c5)cc4c3)n2)cc1C(F)(F)F. The summed E-state index contributed by atoms with van der Waals surface area (Å²) in [5.74, 6) is -4.78. The number of benzene rings is 2. The van der Waals surface area contributed by atoms with Gasteiger partial charge >= 0.3 is 12.1 Å². The third kappa shape index (κ3) is 5.55. The second-order valence-corrected chi connectivity index (χ2v) is 9.20. The number of rotatable bonds is 6. The Morgan fingerprint density at radius 2 is 1.71 bits per heavy atom. The molecule has 0 amide bonds. The fraction of sp³-hybridized carbons (Fsp3) is 0.179. The molecule has 0 aliphatic rings. The van der Waals surface area contributed by atoms with Crippen molar-refractivity contribution in [3.63, 3.8) is 0 Å². The minimum absolute atomic E-state index is 0.137. The van der Waals surface area contributed by atoms with Crippen molar-refractivity contribution >= 4 is 16.9 Å². The van der Waals surface area contributed by atoms with E-state index in [4.69, 9.17) is 0 Å². The minimum atomic E-state index is -4.91. The van der Waals surface area contributed by atoms with Crippen molar-refractivity contribution in [3.05, 3.63) is 100 Å². The van der Waals surface area contributed by atoms with E-state index in [1.165, 1.54) is 18.2 Å². The first-order valence-electron chi connectivity index (χ1n) is 12.0. The molecule has 0 saturated heterocycles. The van der Waals surface area contributed by atoms with E-state index >= 15 is 8.78 Å². The molecule has 210 valence electrons. The molecule has 5 rings (SSSR count). The van der Waals surface area contributed by atoms with Crippen LogP contribution in [0, 0.1) is 0 Å². The van der Waals surface area contributed by atoms with E-state index in [0.717, 1.165) is 36.9 Å². The Morgan fingerprint density at radius 3 is 2.39 bits per heavy atom. The Morgan fingerprint density at radius 1 is 0.927 bits per heavy atom. The van der Waals surface area contributed by atoms with Crippen LogP contribution >= 0.6 is 0 Å². The highest BCUT2D eigenvalue weighted by Crippen LogP contribution is 2.36. The molecule has 0 radical (unpaired) electrons. The maximum Gasteiger partial charge on any atom is 0.417 e. The van der Waals surface area contributed by atoms with E-state index in [1.807, 2.05) is 0 Å². The number of alkyl halides is 5. The number of aryl methyl sites for hydroxylation is 1. The first kappa shape index (κ1) is 27.6. The molecule has 0 spiro atoms. The van der Waals surface area contributed by atoms with Crippen molar-refractivity contribution in [1.29, 1.82) is 0 Å². The van der Waals surface area contributed by atoms with Crippen LogP contribution in [-0.2, 0) is 30.4 Å². The smallest absolute Gasteiger partial charge is 0.417 e. The molecule has 2 aromatic carbocycles. The number of aromatic nitrogens is 5. The van der Waals surface area contributed by atoms with Crippen LogP contribution in [0.15, 0.2) is 78.0 Å². The molecule has 5 aromatic rings. The normalized spacial score (nSPS) is 12.1. The predicted octanol–water partition coefficient (Wildman–Crippen LogP) is 5.46. The Hall–Kier alpha value is -4.94. The molecule has 0 bridgehead atoms. The van der Waals surface area contributed by atoms with Gasteiger partial charge in [0.15, 0.2) is 0 Å². The Labute approximate surface area is 228 Å². The van der Waals surface area contributed by atoms with Crippen LogP contribution in [0.4, 0.5) is 22.0 Å². The van der Waals surface area contributed by atoms with Gasteiger partial charge in [-0.2, -0.15) is 32.1 Å². The van der Waals surface area contributed by atoms with Gasteiger partial charge in [0, 0.05) is 53.1 Å². The molecular weight excluding hydrogens is 549 g/mol. The monoisotopic (exact) mass is 569 g/mol. The van der Waals surface area contributed by atoms with Crippen molar-refractivity contribution in [2.75, 3.05) is 7.11 Å². The third-order valence-electron chi connectivity index (χ3n) is 6.38. The fourth-order valence-electron chi connectivity index (χ4n) is 4.31. The largest absolute Gasteiger partial charge is 0.465 e. The number of hydrogen-bond donors (Lipinski definition) is 0. The summed E-state index contributed by atoms with van der Waals surface area (Å²) < 4.78 is 78.4. The van der Waals surface area contributed by atoms with Crippen LogP contribution in [0.1, 0.15) is 21.5 Å². The number of esters is 1. The van der Waals surface area contributed by atoms with Gasteiger partial charge in [-0.3, -0.25) is 14.5 Å². The van der Waals surface area contributed by atoms with Gasteiger partial charge in [0.1, 0.15) is 6.54 Å². The van der Waals surface area contributed by atoms with E-state index in [1.54, 1.807) is 36.4 Å². The van der Waals surface area contributed by atoms with Gasteiger partial charge in [-0.25, -0.2) is 9.48 Å². The van der Waals surface area contributed by atoms with E-state index < -0.39 is 46.9 Å². The summed E-state index contributed by atoms with van der Waals surface area (Å²) in [4.78, 5) is 28.6. The molecule has 0 aliphatic carbocycles. The molecule has 0 N–H and O–H groups in total. The number of fused-ring (bicyclic) bond motifs is 1. The molecule has 3 heterocycles. The van der Waals surface area contributed by atoms with Crippen molar-refractivity contribution in [2.45, 2.75) is 18.6 Å². The average molecular weight is 569 g/mol. The highest BCUT2D eigenvalue weighted by molar-refractivity contribution is 5.92. The van der Waals surface area contributed by atoms with Gasteiger partial charge in [0.05, 0.1) is 35.6 Å². The zero-order chi connectivity index (χ0) is 29.5. The van der Waals surface area contributed by atoms with Crippen LogP contribution < -0.4 is 5.56 Å². The summed E-state index contributed by atoms with van der Waals surface area (Å²) in [5.41, 5.74) is -1.71. The summed E-state index contributed by atoms with van der Waals surface area (Å²) in [5, 5.41) is 8.44. The van der Waals surface area contributed by atoms with Gasteiger partial charge in [0.25, 0.3) is 11.5 Å². The molecule has 0 unspecified atom stereocenters. The van der Waals surface area contributed by atoms with Crippen LogP contribution in [0.2, 0.25) is 0 Å². The number of ether oxygens (including phenoxy) is 1. The minimum Gasteiger partial charge on any atom is -0.465 e. The number of halogens is 5. The second-order valence-electron chi connectivity index (χ2n) is 9.20. The predicted molar refractivity (Wildman–Crippen MR) is 138 cm³/mol. The zero-order valence-corrected chi connectivity index (χ0v) is 21.5. The van der Waals surface area contributed by atoms with Gasteiger partial charge in [-0.05, 0) is 36.4 Å². The Kier molecular flexibility index (Phi) is 6.89. The standard InChI is InChI=1S/C28H20F5N5O3/c1-37-14-19(13-35-37)18-9-17-10-20(4-6-23(17)34-12-18)27(29,30)15-38-25(39)8-7-24(36-38)16-3-5-21(26(40)41-2)22(11-16)28(31,32)33/h3-14H,15H2,1-2H3. The van der Waals surface area contributed by atoms with E-state index in [2.05, 4.69) is 19.9 Å². The highest BCUT2D eigenvalue weighted by Gasteiger charge is 2.36. The summed E-state index contributed by atoms with van der Waals surface area (Å²) >= 11 is 0. The fourth-order valence-corrected chi connectivity index (χ4v) is 4.31. The first-order chi connectivity index (χ1) is 19.4. The third-order valence-corrected chi connectivity index (χ3v) is 6.38. The van der Waals surface area contributed by atoms with Gasteiger partial charge in [-0.1, -0.05) is 12.1 Å². The summed E-state index contributed by atoms with van der Waals surface area (Å²) in [6.07, 6.45) is 0.0664. The van der Waals surface area contributed by atoms with Gasteiger partial charge < -0.3 is 4.74 Å². The van der Waals surface area contributed by atoms with Crippen LogP contribution in [0.3, 0.4) is 0 Å². The van der Waals surface area contributed by atoms with E-state index in [0.29, 0.717) is 27.2 Å². The number of carbonyl (C=O) groups excluding carboxylic acids is 1. The lowest BCUT2D eigenvalue weighted by atomic mass is 10.0. The number of hydrogen-bond acceptors (Lipinski definition) is 6. The van der Waals surface area contributed by atoms with Crippen molar-refractivity contribution in [1.82, 2.24) is 24.5 Å². The molecular formula is C28H20F5N5O3. The van der Waals surface area contributed by atoms with E-state index in [9.17, 15) is 22.8 Å². The summed E-state index contributed by atoms with van der Waals surface area (Å²) in [7, 11) is 2.69. The second kappa shape index (κ2) is 10.2. The molecule has 8 nitrogen and oxygen atoms in total. The number of methoxy groups -OCH3 is 1. The summed E-state index contributed by atoms with van der Waals surface area (Å²) in [6, 6.07) is 10.3. The molecule has 3 aromatic heterocycles. The lowest BCUT2D eigenvalue weighted by Gasteiger charge is -2.19. The molecule has 0 fully saturated rings. The number of carbonyl (C=O) groups is 1. The lowest BCUT2D eigenvalue weighted by Crippen LogP contribution is -2.31. The molecule has 0 aliphatic heterocycles. The van der Waals surface area contributed by atoms with Crippen molar-refractivity contribution in [3.8, 4) is 22.4 Å². The van der Waals surface area contributed by atoms with E-state index in [-0.39, 0.29) is 11.3 Å². The Bertz CT molecular complexity index is 1850. The number of pyridine rings is 1. The van der Waals surface area contributed by atoms with Gasteiger partial charge in [-0.15, -0.1) is 0 Å². The molecule has 13 heteroatoms.